The summed E-state index contributed by atoms with van der Waals surface area (Å²) in [7, 11) is 0. The highest BCUT2D eigenvalue weighted by atomic mass is 16.2. The van der Waals surface area contributed by atoms with Gasteiger partial charge in [-0.05, 0) is 68.3 Å². The number of carbonyl (C=O) groups is 1. The Morgan fingerprint density at radius 2 is 1.68 bits per heavy atom. The van der Waals surface area contributed by atoms with Gasteiger partial charge in [0.2, 0.25) is 0 Å². The van der Waals surface area contributed by atoms with E-state index in [1.54, 1.807) is 0 Å². The summed E-state index contributed by atoms with van der Waals surface area (Å²) in [5.74, 6) is 1.39. The Balaban J connectivity index is 1.27. The maximum atomic E-state index is 13.0. The van der Waals surface area contributed by atoms with Crippen molar-refractivity contribution in [1.82, 2.24) is 15.3 Å². The zero-order valence-corrected chi connectivity index (χ0v) is 17.7. The number of benzene rings is 1. The molecule has 3 saturated carbocycles. The van der Waals surface area contributed by atoms with Crippen molar-refractivity contribution in [3.63, 3.8) is 0 Å². The van der Waals surface area contributed by atoms with Crippen LogP contribution in [0.4, 0.5) is 5.69 Å². The number of hydrogen-bond donors (Lipinski definition) is 4. The minimum atomic E-state index is -0.651. The Kier molecular flexibility index (Phi) is 5.42. The standard InChI is InChI=1S/C24H30N4O3/c29-22(25-18-10-8-16(9-11-18)15-4-2-1-3-5-15)21-20(23(30)28-24(31)27-21)26-19-13-14-6-7-17(19)12-14/h1-5,14,16-19,26H,6-13H2,(H,25,29)(H2,27,28,30,31)/t14-,16-,17+,18+,19+/m0/s1. The molecule has 3 atom stereocenters. The molecular formula is C24H30N4O3. The maximum Gasteiger partial charge on any atom is 0.326 e. The van der Waals surface area contributed by atoms with Crippen LogP contribution in [0.3, 0.4) is 0 Å². The quantitative estimate of drug-likeness (QED) is 0.594. The van der Waals surface area contributed by atoms with Crippen molar-refractivity contribution in [3.05, 3.63) is 62.4 Å². The van der Waals surface area contributed by atoms with Gasteiger partial charge in [-0.1, -0.05) is 36.8 Å². The van der Waals surface area contributed by atoms with Gasteiger partial charge >= 0.3 is 5.69 Å². The predicted molar refractivity (Wildman–Crippen MR) is 119 cm³/mol. The highest BCUT2D eigenvalue weighted by molar-refractivity contribution is 5.97. The van der Waals surface area contributed by atoms with Crippen LogP contribution in [0.1, 0.15) is 73.3 Å². The van der Waals surface area contributed by atoms with Crippen molar-refractivity contribution in [3.8, 4) is 0 Å². The van der Waals surface area contributed by atoms with Crippen LogP contribution in [0.2, 0.25) is 0 Å². The molecule has 0 radical (unpaired) electrons. The van der Waals surface area contributed by atoms with E-state index in [1.807, 2.05) is 6.07 Å². The summed E-state index contributed by atoms with van der Waals surface area (Å²) in [5, 5.41) is 6.37. The molecule has 1 amide bonds. The number of aromatic amines is 2. The third-order valence-electron chi connectivity index (χ3n) is 7.57. The number of nitrogens with one attached hydrogen (secondary N) is 4. The lowest BCUT2D eigenvalue weighted by Crippen LogP contribution is -2.41. The van der Waals surface area contributed by atoms with Crippen molar-refractivity contribution >= 4 is 11.6 Å². The molecule has 0 spiro atoms. The van der Waals surface area contributed by atoms with Crippen molar-refractivity contribution in [2.75, 3.05) is 5.32 Å². The Morgan fingerprint density at radius 1 is 0.903 bits per heavy atom. The van der Waals surface area contributed by atoms with Crippen molar-refractivity contribution in [2.24, 2.45) is 11.8 Å². The van der Waals surface area contributed by atoms with Crippen LogP contribution in [0.5, 0.6) is 0 Å². The number of carbonyl (C=O) groups excluding carboxylic acids is 1. The molecule has 3 aliphatic rings. The Hall–Kier alpha value is -2.83. The zero-order valence-electron chi connectivity index (χ0n) is 17.7. The van der Waals surface area contributed by atoms with Crippen LogP contribution in [-0.2, 0) is 0 Å². The fourth-order valence-electron chi connectivity index (χ4n) is 5.96. The zero-order chi connectivity index (χ0) is 21.4. The molecule has 1 heterocycles. The SMILES string of the molecule is O=C(N[C@H]1CC[C@@H](c2ccccc2)CC1)c1[nH]c(=O)[nH]c(=O)c1N[C@@H]1C[C@H]2CC[C@@H]1C2. The number of aromatic nitrogens is 2. The number of hydrogen-bond acceptors (Lipinski definition) is 4. The highest BCUT2D eigenvalue weighted by Gasteiger charge is 2.40. The lowest BCUT2D eigenvalue weighted by molar-refractivity contribution is 0.0921. The van der Waals surface area contributed by atoms with E-state index < -0.39 is 11.2 Å². The molecular weight excluding hydrogens is 392 g/mol. The summed E-state index contributed by atoms with van der Waals surface area (Å²) < 4.78 is 0. The molecule has 3 aliphatic carbocycles. The largest absolute Gasteiger partial charge is 0.376 e. The third-order valence-corrected chi connectivity index (χ3v) is 7.57. The molecule has 164 valence electrons. The summed E-state index contributed by atoms with van der Waals surface area (Å²) in [6.45, 7) is 0. The van der Waals surface area contributed by atoms with Gasteiger partial charge in [0, 0.05) is 12.1 Å². The second kappa shape index (κ2) is 8.36. The summed E-state index contributed by atoms with van der Waals surface area (Å²) in [6, 6.07) is 10.7. The minimum absolute atomic E-state index is 0.0468. The first-order valence-electron chi connectivity index (χ1n) is 11.6. The van der Waals surface area contributed by atoms with Gasteiger partial charge in [-0.15, -0.1) is 0 Å². The molecule has 2 aromatic rings. The molecule has 0 aliphatic heterocycles. The van der Waals surface area contributed by atoms with Gasteiger partial charge in [0.05, 0.1) is 0 Å². The summed E-state index contributed by atoms with van der Waals surface area (Å²) in [6.07, 6.45) is 8.41. The van der Waals surface area contributed by atoms with Gasteiger partial charge in [0.25, 0.3) is 11.5 Å². The molecule has 31 heavy (non-hydrogen) atoms. The van der Waals surface area contributed by atoms with Gasteiger partial charge in [0.1, 0.15) is 11.4 Å². The number of rotatable bonds is 5. The van der Waals surface area contributed by atoms with Gasteiger partial charge < -0.3 is 15.6 Å². The molecule has 0 unspecified atom stereocenters. The van der Waals surface area contributed by atoms with Gasteiger partial charge in [-0.25, -0.2) is 4.79 Å². The maximum absolute atomic E-state index is 13.0. The van der Waals surface area contributed by atoms with Gasteiger partial charge in [-0.2, -0.15) is 0 Å². The molecule has 3 fully saturated rings. The number of H-pyrrole nitrogens is 2. The van der Waals surface area contributed by atoms with Crippen molar-refractivity contribution in [1.29, 1.82) is 0 Å². The van der Waals surface area contributed by atoms with Crippen LogP contribution in [0.15, 0.2) is 39.9 Å². The summed E-state index contributed by atoms with van der Waals surface area (Å²) in [5.41, 5.74) is 0.434. The average Bonchev–Trinajstić information content (AvgIpc) is 3.40. The fraction of sp³-hybridized carbons (Fsp3) is 0.542. The molecule has 1 aromatic heterocycles. The normalized spacial score (nSPS) is 29.6. The lowest BCUT2D eigenvalue weighted by atomic mass is 9.82. The molecule has 7 nitrogen and oxygen atoms in total. The van der Waals surface area contributed by atoms with Crippen molar-refractivity contribution < 1.29 is 4.79 Å². The fourth-order valence-corrected chi connectivity index (χ4v) is 5.96. The monoisotopic (exact) mass is 422 g/mol. The summed E-state index contributed by atoms with van der Waals surface area (Å²) in [4.78, 5) is 42.3. The predicted octanol–water partition coefficient (Wildman–Crippen LogP) is 3.12. The Bertz CT molecular complexity index is 1050. The van der Waals surface area contributed by atoms with E-state index in [1.165, 1.54) is 18.4 Å². The first kappa shape index (κ1) is 20.1. The first-order valence-corrected chi connectivity index (χ1v) is 11.6. The van der Waals surface area contributed by atoms with E-state index in [4.69, 9.17) is 0 Å². The molecule has 2 bridgehead atoms. The second-order valence-corrected chi connectivity index (χ2v) is 9.52. The van der Waals surface area contributed by atoms with Crippen LogP contribution in [0.25, 0.3) is 0 Å². The topological polar surface area (TPSA) is 107 Å². The van der Waals surface area contributed by atoms with E-state index in [0.717, 1.165) is 38.5 Å². The summed E-state index contributed by atoms with van der Waals surface area (Å²) >= 11 is 0. The number of anilines is 1. The minimum Gasteiger partial charge on any atom is -0.376 e. The van der Waals surface area contributed by atoms with E-state index in [-0.39, 0.29) is 29.4 Å². The number of fused-ring (bicyclic) bond motifs is 2. The Morgan fingerprint density at radius 3 is 2.35 bits per heavy atom. The molecule has 4 N–H and O–H groups in total. The van der Waals surface area contributed by atoms with Gasteiger partial charge in [0.15, 0.2) is 0 Å². The smallest absolute Gasteiger partial charge is 0.326 e. The van der Waals surface area contributed by atoms with Crippen LogP contribution in [0, 0.1) is 11.8 Å². The van der Waals surface area contributed by atoms with E-state index in [0.29, 0.717) is 17.8 Å². The van der Waals surface area contributed by atoms with E-state index >= 15 is 0 Å². The number of amides is 1. The van der Waals surface area contributed by atoms with E-state index in [9.17, 15) is 14.4 Å². The Labute approximate surface area is 181 Å². The third kappa shape index (κ3) is 4.18. The first-order chi connectivity index (χ1) is 15.1. The van der Waals surface area contributed by atoms with Crippen LogP contribution in [-0.4, -0.2) is 28.0 Å². The molecule has 5 rings (SSSR count). The molecule has 0 saturated heterocycles. The van der Waals surface area contributed by atoms with Gasteiger partial charge in [-0.3, -0.25) is 14.6 Å². The lowest BCUT2D eigenvalue weighted by Gasteiger charge is -2.29. The molecule has 1 aromatic carbocycles. The van der Waals surface area contributed by atoms with E-state index in [2.05, 4.69) is 44.9 Å². The average molecular weight is 423 g/mol. The molecule has 7 heteroatoms. The highest BCUT2D eigenvalue weighted by Crippen LogP contribution is 2.45. The van der Waals surface area contributed by atoms with Crippen LogP contribution >= 0.6 is 0 Å². The second-order valence-electron chi connectivity index (χ2n) is 9.52. The van der Waals surface area contributed by atoms with Crippen LogP contribution < -0.4 is 21.9 Å². The van der Waals surface area contributed by atoms with Crippen molar-refractivity contribution in [2.45, 2.75) is 69.4 Å².